The molecule has 36 heavy (non-hydrogen) atoms. The Bertz CT molecular complexity index is 1080. The second-order valence-corrected chi connectivity index (χ2v) is 11.9. The van der Waals surface area contributed by atoms with E-state index in [-0.39, 0.29) is 29.8 Å². The van der Waals surface area contributed by atoms with E-state index in [1.54, 1.807) is 12.1 Å². The fourth-order valence-electron chi connectivity index (χ4n) is 4.57. The number of hydrogen-bond acceptors (Lipinski definition) is 6. The zero-order chi connectivity index (χ0) is 26.3. The molecular weight excluding hydrogens is 478 g/mol. The van der Waals surface area contributed by atoms with E-state index in [1.807, 2.05) is 51.1 Å². The number of rotatable bonds is 12. The first kappa shape index (κ1) is 28.1. The molecule has 4 N–H and O–H groups in total. The van der Waals surface area contributed by atoms with Gasteiger partial charge in [0.05, 0.1) is 17.0 Å². The molecule has 0 saturated carbocycles. The third-order valence-electron chi connectivity index (χ3n) is 6.64. The first-order chi connectivity index (χ1) is 17.1. The number of nitrogens with two attached hydrogens (primary N) is 1. The Kier molecular flexibility index (Phi) is 9.52. The number of sulfonamides is 1. The Morgan fingerprint density at radius 3 is 2.36 bits per heavy atom. The summed E-state index contributed by atoms with van der Waals surface area (Å²) in [7, 11) is -3.89. The van der Waals surface area contributed by atoms with E-state index >= 15 is 0 Å². The molecule has 1 heterocycles. The van der Waals surface area contributed by atoms with Gasteiger partial charge in [0.25, 0.3) is 5.91 Å². The fraction of sp³-hybridized carbons (Fsp3) is 0.519. The third kappa shape index (κ3) is 6.85. The van der Waals surface area contributed by atoms with Crippen molar-refractivity contribution in [3.63, 3.8) is 0 Å². The highest BCUT2D eigenvalue weighted by Gasteiger charge is 2.42. The molecule has 1 aliphatic heterocycles. The molecule has 9 heteroatoms. The van der Waals surface area contributed by atoms with E-state index in [0.29, 0.717) is 31.6 Å². The summed E-state index contributed by atoms with van der Waals surface area (Å²) < 4.78 is 34.1. The van der Waals surface area contributed by atoms with Crippen molar-refractivity contribution in [3.05, 3.63) is 60.2 Å². The lowest BCUT2D eigenvalue weighted by atomic mass is 9.94. The molecule has 3 rings (SSSR count). The Morgan fingerprint density at radius 1 is 1.14 bits per heavy atom. The Balaban J connectivity index is 1.87. The average Bonchev–Trinajstić information content (AvgIpc) is 3.34. The zero-order valence-corrected chi connectivity index (χ0v) is 22.2. The number of aliphatic hydroxyl groups is 1. The maximum atomic E-state index is 13.5. The first-order valence-electron chi connectivity index (χ1n) is 12.6. The number of amides is 1. The van der Waals surface area contributed by atoms with E-state index < -0.39 is 27.8 Å². The summed E-state index contributed by atoms with van der Waals surface area (Å²) in [5.41, 5.74) is 6.22. The average molecular weight is 518 g/mol. The van der Waals surface area contributed by atoms with Gasteiger partial charge in [0.2, 0.25) is 10.0 Å². The van der Waals surface area contributed by atoms with Crippen molar-refractivity contribution in [1.82, 2.24) is 9.62 Å². The van der Waals surface area contributed by atoms with Crippen molar-refractivity contribution in [2.75, 3.05) is 25.4 Å². The summed E-state index contributed by atoms with van der Waals surface area (Å²) in [6, 6.07) is 14.8. The largest absolute Gasteiger partial charge is 0.399 e. The van der Waals surface area contributed by atoms with Crippen LogP contribution in [0.25, 0.3) is 0 Å². The number of nitrogens with one attached hydrogen (secondary N) is 1. The standard InChI is InChI=1S/C27H39N3O5S/c1-4-27(15-8-16-35-27)26(32)29-24(17-21-9-6-5-7-10-21)25(31)19-30(18-20(2)3)36(33,34)23-13-11-22(28)12-14-23/h5-7,9-14,20,24-25,31H,4,8,15-19,28H2,1-3H3,(H,29,32)/t24?,25-,27?/m1/s1. The number of hydrogen-bond donors (Lipinski definition) is 3. The Hall–Kier alpha value is -2.46. The zero-order valence-electron chi connectivity index (χ0n) is 21.4. The Labute approximate surface area is 214 Å². The van der Waals surface area contributed by atoms with E-state index in [9.17, 15) is 18.3 Å². The number of aliphatic hydroxyl groups excluding tert-OH is 1. The molecule has 2 aromatic carbocycles. The van der Waals surface area contributed by atoms with E-state index in [2.05, 4.69) is 5.32 Å². The molecule has 1 saturated heterocycles. The monoisotopic (exact) mass is 517 g/mol. The number of benzene rings is 2. The summed E-state index contributed by atoms with van der Waals surface area (Å²) in [4.78, 5) is 13.4. The van der Waals surface area contributed by atoms with Gasteiger partial charge in [0.15, 0.2) is 0 Å². The number of carbonyl (C=O) groups is 1. The van der Waals surface area contributed by atoms with E-state index in [4.69, 9.17) is 10.5 Å². The number of anilines is 1. The molecule has 0 bridgehead atoms. The van der Waals surface area contributed by atoms with Crippen molar-refractivity contribution < 1.29 is 23.1 Å². The van der Waals surface area contributed by atoms with Gasteiger partial charge >= 0.3 is 0 Å². The topological polar surface area (TPSA) is 122 Å². The first-order valence-corrected chi connectivity index (χ1v) is 14.0. The van der Waals surface area contributed by atoms with Crippen LogP contribution >= 0.6 is 0 Å². The summed E-state index contributed by atoms with van der Waals surface area (Å²) in [6.07, 6.45) is 1.15. The minimum Gasteiger partial charge on any atom is -0.399 e. The van der Waals surface area contributed by atoms with Gasteiger partial charge in [-0.1, -0.05) is 51.1 Å². The highest BCUT2D eigenvalue weighted by molar-refractivity contribution is 7.89. The SMILES string of the molecule is CCC1(C(=O)NC(Cc2ccccc2)[C@H](O)CN(CC(C)C)S(=O)(=O)c2ccc(N)cc2)CCCO1. The normalized spacial score (nSPS) is 19.9. The maximum absolute atomic E-state index is 13.5. The van der Waals surface area contributed by atoms with Crippen LogP contribution in [0.4, 0.5) is 5.69 Å². The lowest BCUT2D eigenvalue weighted by Crippen LogP contribution is -2.56. The number of nitrogen functional groups attached to an aromatic ring is 1. The molecule has 0 aromatic heterocycles. The van der Waals surface area contributed by atoms with Gasteiger partial charge in [-0.3, -0.25) is 4.79 Å². The molecule has 8 nitrogen and oxygen atoms in total. The minimum absolute atomic E-state index is 0.0261. The number of ether oxygens (including phenoxy) is 1. The fourth-order valence-corrected chi connectivity index (χ4v) is 6.19. The highest BCUT2D eigenvalue weighted by Crippen LogP contribution is 2.30. The van der Waals surface area contributed by atoms with Gasteiger partial charge in [-0.25, -0.2) is 8.42 Å². The molecule has 3 atom stereocenters. The quantitative estimate of drug-likeness (QED) is 0.372. The van der Waals surface area contributed by atoms with E-state index in [0.717, 1.165) is 12.0 Å². The molecule has 0 aliphatic carbocycles. The van der Waals surface area contributed by atoms with Crippen LogP contribution in [0.1, 0.15) is 45.6 Å². The van der Waals surface area contributed by atoms with Gasteiger partial charge in [0, 0.05) is 25.4 Å². The van der Waals surface area contributed by atoms with Crippen LogP contribution in [0.2, 0.25) is 0 Å². The van der Waals surface area contributed by atoms with E-state index in [1.165, 1.54) is 16.4 Å². The summed E-state index contributed by atoms with van der Waals surface area (Å²) in [6.45, 7) is 6.33. The molecule has 1 amide bonds. The second kappa shape index (κ2) is 12.2. The minimum atomic E-state index is -3.89. The van der Waals surface area contributed by atoms with Gasteiger partial charge < -0.3 is 20.9 Å². The van der Waals surface area contributed by atoms with Crippen LogP contribution in [0.3, 0.4) is 0 Å². The highest BCUT2D eigenvalue weighted by atomic mass is 32.2. The summed E-state index contributed by atoms with van der Waals surface area (Å²) in [5, 5.41) is 14.4. The lowest BCUT2D eigenvalue weighted by Gasteiger charge is -2.33. The van der Waals surface area contributed by atoms with Crippen molar-refractivity contribution in [2.24, 2.45) is 5.92 Å². The predicted octanol–water partition coefficient (Wildman–Crippen LogP) is 2.96. The summed E-state index contributed by atoms with van der Waals surface area (Å²) in [5.74, 6) is -0.238. The lowest BCUT2D eigenvalue weighted by molar-refractivity contribution is -0.143. The third-order valence-corrected chi connectivity index (χ3v) is 8.49. The predicted molar refractivity (Wildman–Crippen MR) is 141 cm³/mol. The van der Waals surface area contributed by atoms with Crippen molar-refractivity contribution in [1.29, 1.82) is 0 Å². The van der Waals surface area contributed by atoms with Gasteiger partial charge in [-0.2, -0.15) is 4.31 Å². The van der Waals surface area contributed by atoms with Crippen LogP contribution in [0.15, 0.2) is 59.5 Å². The molecule has 1 aliphatic rings. The molecule has 0 spiro atoms. The second-order valence-electron chi connectivity index (χ2n) is 9.92. The smallest absolute Gasteiger partial charge is 0.252 e. The number of nitrogens with zero attached hydrogens (tertiary/aromatic N) is 1. The van der Waals surface area contributed by atoms with Crippen molar-refractivity contribution in [2.45, 2.75) is 69.1 Å². The van der Waals surface area contributed by atoms with Gasteiger partial charge in [-0.05, 0) is 61.4 Å². The molecular formula is C27H39N3O5S. The van der Waals surface area contributed by atoms with Crippen LogP contribution in [0.5, 0.6) is 0 Å². The summed E-state index contributed by atoms with van der Waals surface area (Å²) >= 11 is 0. The van der Waals surface area contributed by atoms with Crippen LogP contribution in [0, 0.1) is 5.92 Å². The van der Waals surface area contributed by atoms with Crippen LogP contribution in [-0.4, -0.2) is 61.2 Å². The molecule has 198 valence electrons. The van der Waals surface area contributed by atoms with Crippen LogP contribution < -0.4 is 11.1 Å². The van der Waals surface area contributed by atoms with Gasteiger partial charge in [0.1, 0.15) is 5.60 Å². The van der Waals surface area contributed by atoms with Crippen molar-refractivity contribution >= 4 is 21.6 Å². The van der Waals surface area contributed by atoms with Crippen LogP contribution in [-0.2, 0) is 26.0 Å². The Morgan fingerprint density at radius 2 is 1.81 bits per heavy atom. The maximum Gasteiger partial charge on any atom is 0.252 e. The molecule has 1 fully saturated rings. The molecule has 2 unspecified atom stereocenters. The number of carbonyl (C=O) groups excluding carboxylic acids is 1. The molecule has 2 aromatic rings. The van der Waals surface area contributed by atoms with Crippen molar-refractivity contribution in [3.8, 4) is 0 Å². The van der Waals surface area contributed by atoms with Gasteiger partial charge in [-0.15, -0.1) is 0 Å². The molecule has 0 radical (unpaired) electrons.